The second-order valence-electron chi connectivity index (χ2n) is 4.75. The Morgan fingerprint density at radius 2 is 1.48 bits per heavy atom. The van der Waals surface area contributed by atoms with E-state index in [9.17, 15) is 27.6 Å². The van der Waals surface area contributed by atoms with Crippen LogP contribution in [-0.4, -0.2) is 42.3 Å². The van der Waals surface area contributed by atoms with Crippen LogP contribution in [0, 0.1) is 0 Å². The van der Waals surface area contributed by atoms with Crippen LogP contribution in [0.15, 0.2) is 0 Å². The molecule has 0 saturated heterocycles. The summed E-state index contributed by atoms with van der Waals surface area (Å²) in [5, 5.41) is 1.43. The standard InChI is InChI=1S/C12H18F3NO5/c1-6(2)20-9(17)5-8(10(18)21-7(3)4)16-11(19)12(13,14)15/h6-8H,5H2,1-4H3,(H,16,19)/t8-/m0/s1. The fourth-order valence-electron chi connectivity index (χ4n) is 1.23. The lowest BCUT2D eigenvalue weighted by Crippen LogP contribution is -2.49. The molecule has 1 amide bonds. The van der Waals surface area contributed by atoms with Gasteiger partial charge in [0.15, 0.2) is 0 Å². The van der Waals surface area contributed by atoms with E-state index in [0.717, 1.165) is 0 Å². The van der Waals surface area contributed by atoms with Gasteiger partial charge in [-0.3, -0.25) is 9.59 Å². The van der Waals surface area contributed by atoms with E-state index in [1.54, 1.807) is 0 Å². The van der Waals surface area contributed by atoms with Crippen molar-refractivity contribution >= 4 is 17.8 Å². The lowest BCUT2D eigenvalue weighted by Gasteiger charge is -2.19. The van der Waals surface area contributed by atoms with E-state index < -0.39 is 48.7 Å². The van der Waals surface area contributed by atoms with Crippen molar-refractivity contribution in [3.8, 4) is 0 Å². The highest BCUT2D eigenvalue weighted by atomic mass is 19.4. The van der Waals surface area contributed by atoms with E-state index in [1.807, 2.05) is 0 Å². The number of rotatable bonds is 6. The molecule has 0 radical (unpaired) electrons. The van der Waals surface area contributed by atoms with Crippen LogP contribution in [0.2, 0.25) is 0 Å². The number of nitrogens with one attached hydrogen (secondary N) is 1. The summed E-state index contributed by atoms with van der Waals surface area (Å²) in [6, 6.07) is -1.76. The Labute approximate surface area is 120 Å². The SMILES string of the molecule is CC(C)OC(=O)C[C@H](NC(=O)C(F)(F)F)C(=O)OC(C)C. The zero-order valence-corrected chi connectivity index (χ0v) is 12.1. The highest BCUT2D eigenvalue weighted by Crippen LogP contribution is 2.15. The van der Waals surface area contributed by atoms with E-state index in [-0.39, 0.29) is 0 Å². The maximum Gasteiger partial charge on any atom is 0.471 e. The zero-order chi connectivity index (χ0) is 16.8. The number of hydrogen-bond donors (Lipinski definition) is 1. The van der Waals surface area contributed by atoms with Crippen LogP contribution in [0.1, 0.15) is 34.1 Å². The smallest absolute Gasteiger partial charge is 0.463 e. The third kappa shape index (κ3) is 8.16. The summed E-state index contributed by atoms with van der Waals surface area (Å²) < 4.78 is 46.0. The molecule has 0 saturated carbocycles. The summed E-state index contributed by atoms with van der Waals surface area (Å²) in [7, 11) is 0. The van der Waals surface area contributed by atoms with Crippen LogP contribution in [0.25, 0.3) is 0 Å². The lowest BCUT2D eigenvalue weighted by atomic mass is 10.2. The fraction of sp³-hybridized carbons (Fsp3) is 0.750. The molecule has 0 spiro atoms. The molecule has 0 fully saturated rings. The third-order valence-electron chi connectivity index (χ3n) is 1.94. The molecule has 0 bridgehead atoms. The second kappa shape index (κ2) is 7.84. The maximum absolute atomic E-state index is 12.2. The highest BCUT2D eigenvalue weighted by molar-refractivity contribution is 5.90. The maximum atomic E-state index is 12.2. The van der Waals surface area contributed by atoms with E-state index >= 15 is 0 Å². The largest absolute Gasteiger partial charge is 0.471 e. The van der Waals surface area contributed by atoms with E-state index in [4.69, 9.17) is 9.47 Å². The highest BCUT2D eigenvalue weighted by Gasteiger charge is 2.41. The Morgan fingerprint density at radius 3 is 1.86 bits per heavy atom. The molecule has 0 aromatic carbocycles. The number of carbonyl (C=O) groups excluding carboxylic acids is 3. The molecule has 0 aliphatic carbocycles. The van der Waals surface area contributed by atoms with Gasteiger partial charge in [-0.05, 0) is 27.7 Å². The van der Waals surface area contributed by atoms with Crippen molar-refractivity contribution in [2.75, 3.05) is 0 Å². The molecular weight excluding hydrogens is 295 g/mol. The van der Waals surface area contributed by atoms with Gasteiger partial charge in [0, 0.05) is 0 Å². The van der Waals surface area contributed by atoms with Gasteiger partial charge in [0.1, 0.15) is 6.04 Å². The quantitative estimate of drug-likeness (QED) is 0.748. The van der Waals surface area contributed by atoms with Gasteiger partial charge in [0.25, 0.3) is 0 Å². The summed E-state index contributed by atoms with van der Waals surface area (Å²) in [5.74, 6) is -4.38. The minimum atomic E-state index is -5.17. The van der Waals surface area contributed by atoms with Crippen LogP contribution in [0.5, 0.6) is 0 Å². The van der Waals surface area contributed by atoms with Gasteiger partial charge >= 0.3 is 24.0 Å². The van der Waals surface area contributed by atoms with Crippen molar-refractivity contribution in [3.63, 3.8) is 0 Å². The number of hydrogen-bond acceptors (Lipinski definition) is 5. The van der Waals surface area contributed by atoms with E-state index in [2.05, 4.69) is 0 Å². The molecule has 1 N–H and O–H groups in total. The Morgan fingerprint density at radius 1 is 1.00 bits per heavy atom. The molecule has 0 aliphatic heterocycles. The molecule has 6 nitrogen and oxygen atoms in total. The van der Waals surface area contributed by atoms with Gasteiger partial charge in [0.2, 0.25) is 0 Å². The molecule has 0 aliphatic rings. The predicted molar refractivity (Wildman–Crippen MR) is 65.1 cm³/mol. The van der Waals surface area contributed by atoms with Crippen molar-refractivity contribution < 1.29 is 37.0 Å². The third-order valence-corrected chi connectivity index (χ3v) is 1.94. The Balaban J connectivity index is 4.89. The topological polar surface area (TPSA) is 81.7 Å². The molecule has 0 aromatic rings. The summed E-state index contributed by atoms with van der Waals surface area (Å²) in [4.78, 5) is 33.9. The molecule has 9 heteroatoms. The second-order valence-corrected chi connectivity index (χ2v) is 4.75. The van der Waals surface area contributed by atoms with Crippen molar-refractivity contribution in [3.05, 3.63) is 0 Å². The van der Waals surface area contributed by atoms with Gasteiger partial charge in [0.05, 0.1) is 18.6 Å². The molecule has 0 aromatic heterocycles. The van der Waals surface area contributed by atoms with Crippen molar-refractivity contribution in [1.82, 2.24) is 5.32 Å². The monoisotopic (exact) mass is 313 g/mol. The van der Waals surface area contributed by atoms with Crippen LogP contribution >= 0.6 is 0 Å². The van der Waals surface area contributed by atoms with Crippen molar-refractivity contribution in [2.45, 2.75) is 58.5 Å². The summed E-state index contributed by atoms with van der Waals surface area (Å²) in [5.41, 5.74) is 0. The molecule has 122 valence electrons. The Kier molecular flexibility index (Phi) is 7.17. The number of ether oxygens (including phenoxy) is 2. The number of carbonyl (C=O) groups is 3. The number of amides is 1. The molecule has 0 rings (SSSR count). The van der Waals surface area contributed by atoms with E-state index in [1.165, 1.54) is 33.0 Å². The normalized spacial score (nSPS) is 13.0. The van der Waals surface area contributed by atoms with E-state index in [0.29, 0.717) is 0 Å². The molecule has 0 unspecified atom stereocenters. The average molecular weight is 313 g/mol. The first-order valence-electron chi connectivity index (χ1n) is 6.21. The van der Waals surface area contributed by atoms with Gasteiger partial charge < -0.3 is 14.8 Å². The first kappa shape index (κ1) is 19.2. The number of esters is 2. The first-order valence-corrected chi connectivity index (χ1v) is 6.21. The van der Waals surface area contributed by atoms with Crippen LogP contribution in [0.4, 0.5) is 13.2 Å². The number of halogens is 3. The van der Waals surface area contributed by atoms with Gasteiger partial charge in [-0.2, -0.15) is 13.2 Å². The van der Waals surface area contributed by atoms with Crippen molar-refractivity contribution in [1.29, 1.82) is 0 Å². The Hall–Kier alpha value is -1.80. The van der Waals surface area contributed by atoms with Crippen LogP contribution in [0.3, 0.4) is 0 Å². The summed E-state index contributed by atoms with van der Waals surface area (Å²) in [6.07, 6.45) is -7.02. The Bertz CT molecular complexity index is 393. The zero-order valence-electron chi connectivity index (χ0n) is 12.1. The minimum Gasteiger partial charge on any atom is -0.463 e. The van der Waals surface area contributed by atoms with Gasteiger partial charge in [-0.25, -0.2) is 4.79 Å². The van der Waals surface area contributed by atoms with Gasteiger partial charge in [-0.1, -0.05) is 0 Å². The number of alkyl halides is 3. The molecule has 21 heavy (non-hydrogen) atoms. The lowest BCUT2D eigenvalue weighted by molar-refractivity contribution is -0.177. The molecular formula is C12H18F3NO5. The van der Waals surface area contributed by atoms with Gasteiger partial charge in [-0.15, -0.1) is 0 Å². The predicted octanol–water partition coefficient (Wildman–Crippen LogP) is 1.33. The first-order chi connectivity index (χ1) is 9.43. The fourth-order valence-corrected chi connectivity index (χ4v) is 1.23. The minimum absolute atomic E-state index is 0.502. The average Bonchev–Trinajstić information content (AvgIpc) is 2.24. The summed E-state index contributed by atoms with van der Waals surface area (Å²) in [6.45, 7) is 6.03. The molecule has 1 atom stereocenters. The van der Waals surface area contributed by atoms with Crippen molar-refractivity contribution in [2.24, 2.45) is 0 Å². The van der Waals surface area contributed by atoms with Crippen LogP contribution < -0.4 is 5.32 Å². The molecule has 0 heterocycles. The van der Waals surface area contributed by atoms with Crippen LogP contribution in [-0.2, 0) is 23.9 Å². The summed E-state index contributed by atoms with van der Waals surface area (Å²) >= 11 is 0.